The first-order valence-corrected chi connectivity index (χ1v) is 6.47. The first-order chi connectivity index (χ1) is 7.80. The Kier molecular flexibility index (Phi) is 6.04. The Morgan fingerprint density at radius 1 is 1.25 bits per heavy atom. The van der Waals surface area contributed by atoms with E-state index >= 15 is 0 Å². The number of benzene rings is 1. The van der Waals surface area contributed by atoms with Crippen molar-refractivity contribution in [1.29, 1.82) is 0 Å². The standard InChI is InChI=1S/C12H14O3Se/c1-14-12(15-2)8-11(9-13)16-10-6-4-3-5-7-10/h3-9,12H,1-2H3/b11-8+. The molecule has 0 fully saturated rings. The fourth-order valence-corrected chi connectivity index (χ4v) is 2.75. The zero-order chi connectivity index (χ0) is 11.8. The minimum absolute atomic E-state index is 0.00167. The quantitative estimate of drug-likeness (QED) is 0.334. The second-order valence-corrected chi connectivity index (χ2v) is 5.35. The van der Waals surface area contributed by atoms with Gasteiger partial charge >= 0.3 is 101 Å². The third-order valence-electron chi connectivity index (χ3n) is 1.86. The SMILES string of the molecule is COC(/C=C(\C=O)[Se]c1ccccc1)OC. The number of allylic oxidation sites excluding steroid dienone is 1. The summed E-state index contributed by atoms with van der Waals surface area (Å²) in [7, 11) is 3.09. The Morgan fingerprint density at radius 3 is 2.38 bits per heavy atom. The summed E-state index contributed by atoms with van der Waals surface area (Å²) in [6, 6.07) is 9.89. The van der Waals surface area contributed by atoms with Crippen LogP contribution in [0, 0.1) is 0 Å². The monoisotopic (exact) mass is 286 g/mol. The van der Waals surface area contributed by atoms with Crippen molar-refractivity contribution in [2.24, 2.45) is 0 Å². The average Bonchev–Trinajstić information content (AvgIpc) is 2.35. The van der Waals surface area contributed by atoms with Crippen molar-refractivity contribution >= 4 is 25.7 Å². The molecule has 0 saturated carbocycles. The fourth-order valence-electron chi connectivity index (χ4n) is 1.09. The molecule has 0 atom stereocenters. The van der Waals surface area contributed by atoms with E-state index in [1.54, 1.807) is 20.3 Å². The predicted octanol–water partition coefficient (Wildman–Crippen LogP) is 0.718. The summed E-state index contributed by atoms with van der Waals surface area (Å²) >= 11 is -0.00167. The van der Waals surface area contributed by atoms with Crippen molar-refractivity contribution in [1.82, 2.24) is 0 Å². The van der Waals surface area contributed by atoms with Gasteiger partial charge in [0, 0.05) is 0 Å². The Morgan fingerprint density at radius 2 is 1.88 bits per heavy atom. The molecule has 0 aliphatic heterocycles. The summed E-state index contributed by atoms with van der Waals surface area (Å²) < 4.78 is 11.9. The molecule has 0 aliphatic carbocycles. The van der Waals surface area contributed by atoms with Gasteiger partial charge in [0.1, 0.15) is 0 Å². The zero-order valence-electron chi connectivity index (χ0n) is 9.25. The van der Waals surface area contributed by atoms with Crippen LogP contribution in [0.15, 0.2) is 40.9 Å². The Labute approximate surface area is 102 Å². The van der Waals surface area contributed by atoms with Crippen molar-refractivity contribution in [3.8, 4) is 0 Å². The molecular weight excluding hydrogens is 271 g/mol. The number of hydrogen-bond acceptors (Lipinski definition) is 3. The van der Waals surface area contributed by atoms with Gasteiger partial charge in [-0.3, -0.25) is 0 Å². The van der Waals surface area contributed by atoms with Crippen LogP contribution < -0.4 is 4.46 Å². The van der Waals surface area contributed by atoms with E-state index in [4.69, 9.17) is 9.47 Å². The number of aldehydes is 1. The molecule has 1 aromatic carbocycles. The maximum absolute atomic E-state index is 10.9. The Bertz CT molecular complexity index is 345. The summed E-state index contributed by atoms with van der Waals surface area (Å²) in [6.45, 7) is 0. The summed E-state index contributed by atoms with van der Waals surface area (Å²) in [5, 5.41) is 0. The van der Waals surface area contributed by atoms with E-state index in [0.29, 0.717) is 4.47 Å². The van der Waals surface area contributed by atoms with Crippen molar-refractivity contribution < 1.29 is 14.3 Å². The van der Waals surface area contributed by atoms with Crippen molar-refractivity contribution in [3.05, 3.63) is 40.9 Å². The van der Waals surface area contributed by atoms with Gasteiger partial charge in [0.2, 0.25) is 0 Å². The molecule has 0 heterocycles. The van der Waals surface area contributed by atoms with Gasteiger partial charge in [0.15, 0.2) is 0 Å². The molecule has 0 unspecified atom stereocenters. The van der Waals surface area contributed by atoms with Crippen LogP contribution >= 0.6 is 0 Å². The molecule has 0 spiro atoms. The predicted molar refractivity (Wildman–Crippen MR) is 63.8 cm³/mol. The number of carbonyl (C=O) groups excluding carboxylic acids is 1. The molecule has 1 aromatic rings. The number of methoxy groups -OCH3 is 2. The zero-order valence-corrected chi connectivity index (χ0v) is 11.0. The summed E-state index contributed by atoms with van der Waals surface area (Å²) in [6.07, 6.45) is 2.11. The number of hydrogen-bond donors (Lipinski definition) is 0. The van der Waals surface area contributed by atoms with E-state index in [0.717, 1.165) is 10.7 Å². The van der Waals surface area contributed by atoms with E-state index in [2.05, 4.69) is 0 Å². The van der Waals surface area contributed by atoms with Crippen LogP contribution in [0.5, 0.6) is 0 Å². The van der Waals surface area contributed by atoms with E-state index in [-0.39, 0.29) is 15.0 Å². The van der Waals surface area contributed by atoms with E-state index < -0.39 is 6.29 Å². The summed E-state index contributed by atoms with van der Waals surface area (Å²) in [4.78, 5) is 10.9. The van der Waals surface area contributed by atoms with Crippen molar-refractivity contribution in [3.63, 3.8) is 0 Å². The molecule has 0 aromatic heterocycles. The van der Waals surface area contributed by atoms with Gasteiger partial charge in [-0.1, -0.05) is 0 Å². The van der Waals surface area contributed by atoms with Gasteiger partial charge < -0.3 is 0 Å². The molecule has 0 amide bonds. The number of rotatable bonds is 6. The van der Waals surface area contributed by atoms with Gasteiger partial charge in [-0.25, -0.2) is 0 Å². The molecule has 1 rings (SSSR count). The van der Waals surface area contributed by atoms with Crippen LogP contribution in [-0.4, -0.2) is 41.8 Å². The molecular formula is C12H14O3Se. The number of carbonyl (C=O) groups is 1. The first-order valence-electron chi connectivity index (χ1n) is 4.75. The summed E-state index contributed by atoms with van der Waals surface area (Å²) in [5.74, 6) is 0. The van der Waals surface area contributed by atoms with Crippen LogP contribution in [0.3, 0.4) is 0 Å². The van der Waals surface area contributed by atoms with Crippen LogP contribution in [0.2, 0.25) is 0 Å². The second-order valence-electron chi connectivity index (χ2n) is 2.94. The molecule has 4 heteroatoms. The Hall–Kier alpha value is -0.931. The van der Waals surface area contributed by atoms with Gasteiger partial charge in [-0.15, -0.1) is 0 Å². The Balaban J connectivity index is 2.72. The van der Waals surface area contributed by atoms with E-state index in [1.165, 1.54) is 0 Å². The number of ether oxygens (including phenoxy) is 2. The van der Waals surface area contributed by atoms with Crippen LogP contribution in [0.25, 0.3) is 0 Å². The van der Waals surface area contributed by atoms with Crippen LogP contribution in [0.1, 0.15) is 0 Å². The molecule has 86 valence electrons. The van der Waals surface area contributed by atoms with Gasteiger partial charge in [-0.05, 0) is 0 Å². The third-order valence-corrected chi connectivity index (χ3v) is 3.91. The molecule has 0 radical (unpaired) electrons. The molecule has 0 aliphatic rings. The van der Waals surface area contributed by atoms with Crippen LogP contribution in [0.4, 0.5) is 0 Å². The average molecular weight is 285 g/mol. The van der Waals surface area contributed by atoms with Crippen molar-refractivity contribution in [2.75, 3.05) is 14.2 Å². The molecule has 0 saturated heterocycles. The molecule has 3 nitrogen and oxygen atoms in total. The van der Waals surface area contributed by atoms with E-state index in [1.807, 2.05) is 30.3 Å². The normalized spacial score (nSPS) is 11.8. The van der Waals surface area contributed by atoms with E-state index in [9.17, 15) is 4.79 Å². The molecule has 0 N–H and O–H groups in total. The summed E-state index contributed by atoms with van der Waals surface area (Å²) in [5.41, 5.74) is 0. The molecule has 16 heavy (non-hydrogen) atoms. The maximum atomic E-state index is 10.9. The first kappa shape index (κ1) is 13.1. The second kappa shape index (κ2) is 7.36. The van der Waals surface area contributed by atoms with Crippen molar-refractivity contribution in [2.45, 2.75) is 6.29 Å². The van der Waals surface area contributed by atoms with Gasteiger partial charge in [0.05, 0.1) is 0 Å². The minimum atomic E-state index is -0.453. The topological polar surface area (TPSA) is 35.5 Å². The fraction of sp³-hybridized carbons (Fsp3) is 0.250. The van der Waals surface area contributed by atoms with Gasteiger partial charge in [-0.2, -0.15) is 0 Å². The van der Waals surface area contributed by atoms with Crippen LogP contribution in [-0.2, 0) is 14.3 Å². The van der Waals surface area contributed by atoms with Gasteiger partial charge in [0.25, 0.3) is 0 Å². The third kappa shape index (κ3) is 4.29. The molecule has 0 bridgehead atoms.